The van der Waals surface area contributed by atoms with Crippen LogP contribution in [-0.4, -0.2) is 63.6 Å². The molecule has 6 heterocycles. The number of anilines is 1. The second-order valence-corrected chi connectivity index (χ2v) is 11.3. The predicted octanol–water partition coefficient (Wildman–Crippen LogP) is 4.59. The average molecular weight is 537 g/mol. The van der Waals surface area contributed by atoms with Crippen LogP contribution in [0.3, 0.4) is 0 Å². The molecule has 0 aliphatic carbocycles. The molecule has 3 aliphatic rings. The minimum absolute atomic E-state index is 0.0448. The van der Waals surface area contributed by atoms with Crippen LogP contribution in [-0.2, 0) is 11.3 Å². The number of thiophene rings is 1. The number of carbonyl (C=O) groups is 1. The summed E-state index contributed by atoms with van der Waals surface area (Å²) in [6.45, 7) is 4.84. The van der Waals surface area contributed by atoms with Gasteiger partial charge in [-0.15, -0.1) is 11.3 Å². The van der Waals surface area contributed by atoms with Crippen molar-refractivity contribution >= 4 is 55.5 Å². The quantitative estimate of drug-likeness (QED) is 0.365. The van der Waals surface area contributed by atoms with Crippen LogP contribution in [0.15, 0.2) is 30.5 Å². The van der Waals surface area contributed by atoms with E-state index in [-0.39, 0.29) is 17.2 Å². The van der Waals surface area contributed by atoms with E-state index in [9.17, 15) is 4.79 Å². The van der Waals surface area contributed by atoms with Gasteiger partial charge in [-0.3, -0.25) is 9.69 Å². The summed E-state index contributed by atoms with van der Waals surface area (Å²) < 4.78 is 13.0. The number of morpholine rings is 1. The van der Waals surface area contributed by atoms with Gasteiger partial charge in [-0.25, -0.2) is 9.97 Å². The van der Waals surface area contributed by atoms with Gasteiger partial charge in [-0.2, -0.15) is 4.98 Å². The lowest BCUT2D eigenvalue weighted by Crippen LogP contribution is -2.45. The molecule has 3 atom stereocenters. The Hall–Kier alpha value is -3.05. The molecule has 2 unspecified atom stereocenters. The SMILES string of the molecule is C[C@@H]1CNc2c(sc3ccc4nc(Oc5nc(Cl)ncc5CN5C6CCC5COC6)ccc4c23)C(=O)N1. The largest absolute Gasteiger partial charge is 0.420 e. The van der Waals surface area contributed by atoms with Crippen LogP contribution in [0.2, 0.25) is 5.28 Å². The summed E-state index contributed by atoms with van der Waals surface area (Å²) in [6.07, 6.45) is 4.01. The molecule has 1 amide bonds. The van der Waals surface area contributed by atoms with E-state index in [1.54, 1.807) is 6.20 Å². The number of halogens is 1. The van der Waals surface area contributed by atoms with Crippen LogP contribution in [0, 0.1) is 0 Å². The lowest BCUT2D eigenvalue weighted by molar-refractivity contribution is -0.0190. The molecule has 2 bridgehead atoms. The van der Waals surface area contributed by atoms with Crippen molar-refractivity contribution in [1.29, 1.82) is 0 Å². The molecule has 9 nitrogen and oxygen atoms in total. The average Bonchev–Trinajstić information content (AvgIpc) is 3.30. The number of hydrogen-bond acceptors (Lipinski definition) is 9. The number of ether oxygens (including phenoxy) is 2. The summed E-state index contributed by atoms with van der Waals surface area (Å²) in [7, 11) is 0. The van der Waals surface area contributed by atoms with Gasteiger partial charge in [0.15, 0.2) is 0 Å². The molecular weight excluding hydrogens is 512 g/mol. The van der Waals surface area contributed by atoms with E-state index in [0.29, 0.717) is 41.8 Å². The molecule has 190 valence electrons. The third kappa shape index (κ3) is 4.08. The van der Waals surface area contributed by atoms with E-state index in [1.807, 2.05) is 31.2 Å². The summed E-state index contributed by atoms with van der Waals surface area (Å²) in [5, 5.41) is 8.59. The van der Waals surface area contributed by atoms with E-state index < -0.39 is 0 Å². The van der Waals surface area contributed by atoms with Crippen molar-refractivity contribution in [3.8, 4) is 11.8 Å². The van der Waals surface area contributed by atoms with Crippen LogP contribution in [0.4, 0.5) is 5.69 Å². The first-order valence-corrected chi connectivity index (χ1v) is 13.7. The van der Waals surface area contributed by atoms with E-state index in [2.05, 4.69) is 25.5 Å². The zero-order valence-electron chi connectivity index (χ0n) is 20.2. The minimum atomic E-state index is -0.0448. The van der Waals surface area contributed by atoms with Gasteiger partial charge < -0.3 is 20.1 Å². The Morgan fingerprint density at radius 2 is 2.03 bits per heavy atom. The van der Waals surface area contributed by atoms with Crippen LogP contribution in [0.25, 0.3) is 21.0 Å². The molecule has 3 aromatic heterocycles. The highest BCUT2D eigenvalue weighted by Gasteiger charge is 2.37. The van der Waals surface area contributed by atoms with Crippen molar-refractivity contribution < 1.29 is 14.3 Å². The molecule has 0 radical (unpaired) electrons. The van der Waals surface area contributed by atoms with Crippen molar-refractivity contribution in [2.75, 3.05) is 25.1 Å². The summed E-state index contributed by atoms with van der Waals surface area (Å²) in [4.78, 5) is 29.3. The number of hydrogen-bond donors (Lipinski definition) is 2. The monoisotopic (exact) mass is 536 g/mol. The lowest BCUT2D eigenvalue weighted by Gasteiger charge is -2.34. The van der Waals surface area contributed by atoms with Crippen molar-refractivity contribution in [2.24, 2.45) is 0 Å². The first-order valence-electron chi connectivity index (χ1n) is 12.5. The van der Waals surface area contributed by atoms with Crippen LogP contribution in [0.5, 0.6) is 11.8 Å². The number of nitrogens with zero attached hydrogens (tertiary/aromatic N) is 4. The Balaban J connectivity index is 1.23. The number of amides is 1. The first-order chi connectivity index (χ1) is 18.0. The van der Waals surface area contributed by atoms with Crippen molar-refractivity contribution in [3.05, 3.63) is 46.2 Å². The van der Waals surface area contributed by atoms with Crippen LogP contribution >= 0.6 is 22.9 Å². The van der Waals surface area contributed by atoms with Crippen molar-refractivity contribution in [1.82, 2.24) is 25.2 Å². The highest BCUT2D eigenvalue weighted by atomic mass is 35.5. The van der Waals surface area contributed by atoms with Gasteiger partial charge >= 0.3 is 0 Å². The number of rotatable bonds is 4. The molecular formula is C26H25ClN6O3S. The third-order valence-corrected chi connectivity index (χ3v) is 8.74. The molecule has 0 spiro atoms. The Morgan fingerprint density at radius 3 is 2.86 bits per heavy atom. The molecule has 1 aromatic carbocycles. The topological polar surface area (TPSA) is 102 Å². The molecule has 2 fully saturated rings. The highest BCUT2D eigenvalue weighted by Crippen LogP contribution is 2.41. The van der Waals surface area contributed by atoms with E-state index in [1.165, 1.54) is 11.3 Å². The molecule has 0 saturated carbocycles. The summed E-state index contributed by atoms with van der Waals surface area (Å²) in [6, 6.07) is 8.66. The maximum absolute atomic E-state index is 12.7. The summed E-state index contributed by atoms with van der Waals surface area (Å²) >= 11 is 7.64. The maximum atomic E-state index is 12.7. The summed E-state index contributed by atoms with van der Waals surface area (Å²) in [5.41, 5.74) is 2.51. The van der Waals surface area contributed by atoms with Crippen LogP contribution < -0.4 is 15.4 Å². The standard InChI is InChI=1S/C26H25ClN6O3S/c1-13-8-28-22-21-17-4-7-20(31-18(17)5-6-19(21)37-23(22)24(34)30-13)36-25-14(9-29-26(27)32-25)10-33-15-2-3-16(33)12-35-11-15/h4-7,9,13,15-16,28H,2-3,8,10-12H2,1H3,(H,30,34)/t13-,15?,16?/m1/s1. The zero-order valence-corrected chi connectivity index (χ0v) is 21.7. The van der Waals surface area contributed by atoms with Gasteiger partial charge in [0.1, 0.15) is 4.88 Å². The normalized spacial score (nSPS) is 23.5. The van der Waals surface area contributed by atoms with Gasteiger partial charge in [0.05, 0.1) is 24.4 Å². The minimum Gasteiger partial charge on any atom is -0.420 e. The second kappa shape index (κ2) is 9.05. The Morgan fingerprint density at radius 1 is 1.19 bits per heavy atom. The Bertz CT molecular complexity index is 1530. The Kier molecular flexibility index (Phi) is 5.65. The van der Waals surface area contributed by atoms with Gasteiger partial charge in [0.25, 0.3) is 5.91 Å². The Labute approximate surface area is 222 Å². The zero-order chi connectivity index (χ0) is 25.1. The molecule has 7 rings (SSSR count). The number of fused-ring (bicyclic) bond motifs is 7. The highest BCUT2D eigenvalue weighted by molar-refractivity contribution is 7.21. The molecule has 3 aliphatic heterocycles. The van der Waals surface area contributed by atoms with Gasteiger partial charge in [-0.05, 0) is 49.6 Å². The summed E-state index contributed by atoms with van der Waals surface area (Å²) in [5.74, 6) is 0.792. The molecule has 37 heavy (non-hydrogen) atoms. The van der Waals surface area contributed by atoms with Gasteiger partial charge in [0.2, 0.25) is 17.0 Å². The fourth-order valence-electron chi connectivity index (χ4n) is 5.60. The number of nitrogens with one attached hydrogen (secondary N) is 2. The third-order valence-electron chi connectivity index (χ3n) is 7.41. The van der Waals surface area contributed by atoms with Gasteiger partial charge in [0, 0.05) is 64.5 Å². The second-order valence-electron chi connectivity index (χ2n) is 9.88. The number of benzene rings is 1. The smallest absolute Gasteiger partial charge is 0.263 e. The van der Waals surface area contributed by atoms with Crippen molar-refractivity contribution in [3.63, 3.8) is 0 Å². The van der Waals surface area contributed by atoms with Gasteiger partial charge in [-0.1, -0.05) is 0 Å². The maximum Gasteiger partial charge on any atom is 0.263 e. The number of carbonyl (C=O) groups excluding carboxylic acids is 1. The molecule has 11 heteroatoms. The fourth-order valence-corrected chi connectivity index (χ4v) is 6.82. The van der Waals surface area contributed by atoms with E-state index >= 15 is 0 Å². The number of pyridine rings is 1. The molecule has 2 saturated heterocycles. The number of aromatic nitrogens is 3. The fraction of sp³-hybridized carbons (Fsp3) is 0.385. The van der Waals surface area contributed by atoms with E-state index in [4.69, 9.17) is 26.1 Å². The lowest BCUT2D eigenvalue weighted by atomic mass is 10.1. The van der Waals surface area contributed by atoms with E-state index in [0.717, 1.165) is 58.3 Å². The predicted molar refractivity (Wildman–Crippen MR) is 143 cm³/mol. The van der Waals surface area contributed by atoms with Crippen molar-refractivity contribution in [2.45, 2.75) is 44.4 Å². The molecule has 2 N–H and O–H groups in total. The van der Waals surface area contributed by atoms with Crippen LogP contribution in [0.1, 0.15) is 35.0 Å². The first kappa shape index (κ1) is 23.1. The molecule has 4 aromatic rings.